The van der Waals surface area contributed by atoms with E-state index in [-0.39, 0.29) is 30.6 Å². The van der Waals surface area contributed by atoms with Gasteiger partial charge in [0.2, 0.25) is 5.91 Å². The van der Waals surface area contributed by atoms with Crippen molar-refractivity contribution in [2.24, 2.45) is 0 Å². The molecule has 0 bridgehead atoms. The normalized spacial score (nSPS) is 18.2. The van der Waals surface area contributed by atoms with Crippen molar-refractivity contribution in [2.75, 3.05) is 35.2 Å². The SMILES string of the molecule is CC(C)Oc1cccc(NC(=O)c2cnc3c(c2)N(CC2CCCO2)C(=O)CN3)c1. The predicted octanol–water partition coefficient (Wildman–Crippen LogP) is 3.06. The maximum absolute atomic E-state index is 12.8. The fourth-order valence-electron chi connectivity index (χ4n) is 3.62. The van der Waals surface area contributed by atoms with Crippen LogP contribution in [0.4, 0.5) is 17.2 Å². The van der Waals surface area contributed by atoms with Crippen molar-refractivity contribution >= 4 is 29.0 Å². The molecule has 0 radical (unpaired) electrons. The number of amides is 2. The molecule has 158 valence electrons. The van der Waals surface area contributed by atoms with E-state index in [0.717, 1.165) is 19.4 Å². The Kier molecular flexibility index (Phi) is 5.85. The molecule has 1 unspecified atom stereocenters. The minimum absolute atomic E-state index is 0.0149. The first-order valence-corrected chi connectivity index (χ1v) is 10.2. The average Bonchev–Trinajstić information content (AvgIpc) is 3.23. The molecular weight excluding hydrogens is 384 g/mol. The highest BCUT2D eigenvalue weighted by Crippen LogP contribution is 2.30. The molecule has 2 aliphatic rings. The summed E-state index contributed by atoms with van der Waals surface area (Å²) in [4.78, 5) is 31.4. The lowest BCUT2D eigenvalue weighted by Gasteiger charge is -2.31. The molecule has 1 fully saturated rings. The number of ether oxygens (including phenoxy) is 2. The van der Waals surface area contributed by atoms with Crippen LogP contribution in [0.15, 0.2) is 36.5 Å². The van der Waals surface area contributed by atoms with Gasteiger partial charge in [-0.05, 0) is 44.9 Å². The number of nitrogens with zero attached hydrogens (tertiary/aromatic N) is 2. The van der Waals surface area contributed by atoms with Gasteiger partial charge in [0.15, 0.2) is 0 Å². The van der Waals surface area contributed by atoms with Crippen LogP contribution < -0.4 is 20.3 Å². The molecule has 2 amide bonds. The Morgan fingerprint density at radius 2 is 2.27 bits per heavy atom. The van der Waals surface area contributed by atoms with Crippen LogP contribution in [0.1, 0.15) is 37.0 Å². The van der Waals surface area contributed by atoms with E-state index < -0.39 is 0 Å². The highest BCUT2D eigenvalue weighted by molar-refractivity contribution is 6.07. The van der Waals surface area contributed by atoms with Crippen molar-refractivity contribution in [1.82, 2.24) is 4.98 Å². The van der Waals surface area contributed by atoms with Gasteiger partial charge in [-0.25, -0.2) is 4.98 Å². The number of aromatic nitrogens is 1. The van der Waals surface area contributed by atoms with Gasteiger partial charge in [0.1, 0.15) is 11.6 Å². The van der Waals surface area contributed by atoms with E-state index in [1.54, 1.807) is 23.1 Å². The Morgan fingerprint density at radius 3 is 3.03 bits per heavy atom. The van der Waals surface area contributed by atoms with E-state index in [1.807, 2.05) is 26.0 Å². The van der Waals surface area contributed by atoms with Gasteiger partial charge in [-0.1, -0.05) is 6.07 Å². The molecule has 1 saturated heterocycles. The summed E-state index contributed by atoms with van der Waals surface area (Å²) in [6.45, 7) is 5.26. The fraction of sp³-hybridized carbons (Fsp3) is 0.409. The van der Waals surface area contributed by atoms with Gasteiger partial charge in [-0.3, -0.25) is 9.59 Å². The van der Waals surface area contributed by atoms with Crippen LogP contribution in [0.25, 0.3) is 0 Å². The smallest absolute Gasteiger partial charge is 0.257 e. The Bertz CT molecular complexity index is 940. The molecule has 0 saturated carbocycles. The van der Waals surface area contributed by atoms with Crippen LogP contribution in [0.5, 0.6) is 5.75 Å². The molecule has 8 nitrogen and oxygen atoms in total. The lowest BCUT2D eigenvalue weighted by molar-refractivity contribution is -0.117. The van der Waals surface area contributed by atoms with Crippen molar-refractivity contribution in [2.45, 2.75) is 38.9 Å². The first kappa shape index (κ1) is 20.2. The maximum Gasteiger partial charge on any atom is 0.257 e. The summed E-state index contributed by atoms with van der Waals surface area (Å²) in [7, 11) is 0. The van der Waals surface area contributed by atoms with E-state index in [1.165, 1.54) is 6.20 Å². The zero-order valence-corrected chi connectivity index (χ0v) is 17.2. The topological polar surface area (TPSA) is 92.8 Å². The molecular formula is C22H26N4O4. The van der Waals surface area contributed by atoms with E-state index in [2.05, 4.69) is 15.6 Å². The number of anilines is 3. The third-order valence-corrected chi connectivity index (χ3v) is 5.00. The number of nitrogens with one attached hydrogen (secondary N) is 2. The summed E-state index contributed by atoms with van der Waals surface area (Å²) in [5.41, 5.74) is 1.60. The third kappa shape index (κ3) is 4.54. The zero-order valence-electron chi connectivity index (χ0n) is 17.2. The summed E-state index contributed by atoms with van der Waals surface area (Å²) in [5, 5.41) is 5.89. The molecule has 2 aromatic rings. The minimum Gasteiger partial charge on any atom is -0.491 e. The highest BCUT2D eigenvalue weighted by atomic mass is 16.5. The largest absolute Gasteiger partial charge is 0.491 e. The predicted molar refractivity (Wildman–Crippen MR) is 114 cm³/mol. The summed E-state index contributed by atoms with van der Waals surface area (Å²) in [5.74, 6) is 0.915. The van der Waals surface area contributed by atoms with Gasteiger partial charge >= 0.3 is 0 Å². The van der Waals surface area contributed by atoms with Crippen LogP contribution >= 0.6 is 0 Å². The van der Waals surface area contributed by atoms with Gasteiger partial charge in [-0.2, -0.15) is 0 Å². The Hall–Kier alpha value is -3.13. The number of hydrogen-bond donors (Lipinski definition) is 2. The number of carbonyl (C=O) groups excluding carboxylic acids is 2. The molecule has 30 heavy (non-hydrogen) atoms. The van der Waals surface area contributed by atoms with Gasteiger partial charge in [0.05, 0.1) is 36.5 Å². The first-order chi connectivity index (χ1) is 14.5. The van der Waals surface area contributed by atoms with Gasteiger partial charge in [0, 0.05) is 24.6 Å². The summed E-state index contributed by atoms with van der Waals surface area (Å²) in [6, 6.07) is 8.94. The van der Waals surface area contributed by atoms with Crippen LogP contribution in [-0.4, -0.2) is 48.7 Å². The summed E-state index contributed by atoms with van der Waals surface area (Å²) >= 11 is 0. The minimum atomic E-state index is -0.304. The molecule has 1 aromatic carbocycles. The number of rotatable bonds is 6. The van der Waals surface area contributed by atoms with Gasteiger partial charge in [0.25, 0.3) is 5.91 Å². The average molecular weight is 410 g/mol. The first-order valence-electron chi connectivity index (χ1n) is 10.2. The van der Waals surface area contributed by atoms with Crippen molar-refractivity contribution in [3.63, 3.8) is 0 Å². The van der Waals surface area contributed by atoms with Crippen LogP contribution in [0.2, 0.25) is 0 Å². The van der Waals surface area contributed by atoms with Crippen LogP contribution in [0, 0.1) is 0 Å². The molecule has 1 atom stereocenters. The fourth-order valence-corrected chi connectivity index (χ4v) is 3.62. The second kappa shape index (κ2) is 8.71. The van der Waals surface area contributed by atoms with Gasteiger partial charge < -0.3 is 25.0 Å². The summed E-state index contributed by atoms with van der Waals surface area (Å²) < 4.78 is 11.4. The number of pyridine rings is 1. The lowest BCUT2D eigenvalue weighted by atomic mass is 10.1. The van der Waals surface area contributed by atoms with E-state index >= 15 is 0 Å². The molecule has 8 heteroatoms. The molecule has 0 aliphatic carbocycles. The summed E-state index contributed by atoms with van der Waals surface area (Å²) in [6.07, 6.45) is 3.49. The second-order valence-electron chi connectivity index (χ2n) is 7.73. The standard InChI is InChI=1S/C22H26N4O4/c1-14(2)30-17-6-3-5-16(10-17)25-22(28)15-9-19-21(23-11-15)24-12-20(27)26(19)13-18-7-4-8-29-18/h3,5-6,9-11,14,18H,4,7-8,12-13H2,1-2H3,(H,23,24)(H,25,28). The van der Waals surface area contributed by atoms with Crippen molar-refractivity contribution < 1.29 is 19.1 Å². The number of benzene rings is 1. The number of carbonyl (C=O) groups is 2. The highest BCUT2D eigenvalue weighted by Gasteiger charge is 2.29. The molecule has 0 spiro atoms. The van der Waals surface area contributed by atoms with Gasteiger partial charge in [-0.15, -0.1) is 0 Å². The quantitative estimate of drug-likeness (QED) is 0.760. The third-order valence-electron chi connectivity index (χ3n) is 5.00. The van der Waals surface area contributed by atoms with E-state index in [0.29, 0.717) is 35.1 Å². The number of fused-ring (bicyclic) bond motifs is 1. The Balaban J connectivity index is 1.53. The zero-order chi connectivity index (χ0) is 21.1. The number of hydrogen-bond acceptors (Lipinski definition) is 6. The van der Waals surface area contributed by atoms with E-state index in [9.17, 15) is 9.59 Å². The van der Waals surface area contributed by atoms with Crippen molar-refractivity contribution in [1.29, 1.82) is 0 Å². The molecule has 1 aromatic heterocycles. The molecule has 2 N–H and O–H groups in total. The molecule has 2 aliphatic heterocycles. The molecule has 3 heterocycles. The van der Waals surface area contributed by atoms with Crippen LogP contribution in [-0.2, 0) is 9.53 Å². The second-order valence-corrected chi connectivity index (χ2v) is 7.73. The van der Waals surface area contributed by atoms with Crippen molar-refractivity contribution in [3.05, 3.63) is 42.1 Å². The molecule has 4 rings (SSSR count). The van der Waals surface area contributed by atoms with Crippen LogP contribution in [0.3, 0.4) is 0 Å². The monoisotopic (exact) mass is 410 g/mol. The Morgan fingerprint density at radius 1 is 1.40 bits per heavy atom. The van der Waals surface area contributed by atoms with E-state index in [4.69, 9.17) is 9.47 Å². The lowest BCUT2D eigenvalue weighted by Crippen LogP contribution is -2.44. The Labute approximate surface area is 175 Å². The van der Waals surface area contributed by atoms with Crippen molar-refractivity contribution in [3.8, 4) is 5.75 Å². The maximum atomic E-state index is 12.8.